The summed E-state index contributed by atoms with van der Waals surface area (Å²) in [5, 5.41) is 4.69. The number of anilines is 1. The van der Waals surface area contributed by atoms with E-state index in [0.29, 0.717) is 34.7 Å². The number of hydrogen-bond acceptors (Lipinski definition) is 6. The standard InChI is InChI=1S/C24H22N4O6/c25-18(29)8-6-15-19-20(24(27-15)13-3-1-2-4-14(13)26-23(24)32)22(31)28(21(19)30)10-12-5-7-16-17(9-12)34-11-33-16/h1-5,7,9,15,19-20,27H,6,8,10-11H2,(H2,25,29)(H,26,32)/p+1/t15-,19+,20-,24-/m0/s1. The molecular formula is C24H23N4O6+. The number of para-hydroxylation sites is 1. The molecule has 34 heavy (non-hydrogen) atoms. The van der Waals surface area contributed by atoms with E-state index in [1.807, 2.05) is 18.2 Å². The molecule has 4 aliphatic rings. The minimum atomic E-state index is -1.26. The molecule has 0 aliphatic carbocycles. The Labute approximate surface area is 194 Å². The molecule has 5 N–H and O–H groups in total. The third-order valence-electron chi connectivity index (χ3n) is 7.37. The van der Waals surface area contributed by atoms with E-state index < -0.39 is 35.2 Å². The van der Waals surface area contributed by atoms with Crippen LogP contribution in [0.5, 0.6) is 11.5 Å². The predicted octanol–water partition coefficient (Wildman–Crippen LogP) is -0.425. The first kappa shape index (κ1) is 20.7. The normalized spacial score (nSPS) is 28.4. The predicted molar refractivity (Wildman–Crippen MR) is 116 cm³/mol. The Morgan fingerprint density at radius 3 is 2.74 bits per heavy atom. The van der Waals surface area contributed by atoms with Crippen LogP contribution in [0.4, 0.5) is 5.69 Å². The fraction of sp³-hybridized carbons (Fsp3) is 0.333. The first-order valence-corrected chi connectivity index (χ1v) is 11.2. The van der Waals surface area contributed by atoms with Crippen molar-refractivity contribution in [2.45, 2.75) is 31.0 Å². The molecule has 2 aromatic rings. The van der Waals surface area contributed by atoms with Gasteiger partial charge in [-0.3, -0.25) is 24.1 Å². The van der Waals surface area contributed by atoms with Gasteiger partial charge in [0, 0.05) is 18.4 Å². The van der Waals surface area contributed by atoms with Gasteiger partial charge in [-0.2, -0.15) is 0 Å². The molecule has 1 spiro atoms. The second kappa shape index (κ2) is 7.29. The molecule has 4 heterocycles. The summed E-state index contributed by atoms with van der Waals surface area (Å²) in [5.41, 5.74) is 6.14. The van der Waals surface area contributed by atoms with Crippen LogP contribution in [0.1, 0.15) is 24.0 Å². The van der Waals surface area contributed by atoms with E-state index >= 15 is 0 Å². The van der Waals surface area contributed by atoms with Gasteiger partial charge in [0.1, 0.15) is 17.9 Å². The van der Waals surface area contributed by atoms with Gasteiger partial charge < -0.3 is 25.8 Å². The number of ether oxygens (including phenoxy) is 2. The molecule has 174 valence electrons. The molecule has 2 aromatic carbocycles. The molecule has 2 fully saturated rings. The van der Waals surface area contributed by atoms with Gasteiger partial charge in [0.15, 0.2) is 11.5 Å². The molecule has 0 aromatic heterocycles. The van der Waals surface area contributed by atoms with Gasteiger partial charge in [0.2, 0.25) is 30.1 Å². The average Bonchev–Trinajstić information content (AvgIpc) is 3.54. The lowest BCUT2D eigenvalue weighted by Crippen LogP contribution is -2.99. The largest absolute Gasteiger partial charge is 0.454 e. The lowest BCUT2D eigenvalue weighted by Gasteiger charge is -2.26. The van der Waals surface area contributed by atoms with Crippen molar-refractivity contribution < 1.29 is 34.0 Å². The van der Waals surface area contributed by atoms with Crippen molar-refractivity contribution in [2.75, 3.05) is 12.1 Å². The third-order valence-corrected chi connectivity index (χ3v) is 7.37. The Morgan fingerprint density at radius 2 is 1.91 bits per heavy atom. The number of nitrogens with zero attached hydrogens (tertiary/aromatic N) is 1. The molecule has 4 aliphatic heterocycles. The maximum Gasteiger partial charge on any atom is 0.291 e. The highest BCUT2D eigenvalue weighted by Gasteiger charge is 2.74. The van der Waals surface area contributed by atoms with E-state index in [2.05, 4.69) is 5.32 Å². The van der Waals surface area contributed by atoms with Gasteiger partial charge in [0.25, 0.3) is 5.91 Å². The lowest BCUT2D eigenvalue weighted by molar-refractivity contribution is -0.734. The zero-order valence-corrected chi connectivity index (χ0v) is 18.2. The third kappa shape index (κ3) is 2.78. The molecule has 4 amide bonds. The number of primary amides is 1. The summed E-state index contributed by atoms with van der Waals surface area (Å²) in [6, 6.07) is 12.1. The fourth-order valence-electron chi connectivity index (χ4n) is 5.93. The quantitative estimate of drug-likeness (QED) is 0.514. The molecule has 0 unspecified atom stereocenters. The maximum atomic E-state index is 13.8. The number of likely N-dealkylation sites (tertiary alicyclic amines) is 1. The Kier molecular flexibility index (Phi) is 4.43. The van der Waals surface area contributed by atoms with Crippen molar-refractivity contribution in [2.24, 2.45) is 17.6 Å². The molecule has 10 heteroatoms. The van der Waals surface area contributed by atoms with Crippen LogP contribution in [0.2, 0.25) is 0 Å². The second-order valence-electron chi connectivity index (χ2n) is 9.16. The van der Waals surface area contributed by atoms with Crippen molar-refractivity contribution in [3.8, 4) is 11.5 Å². The van der Waals surface area contributed by atoms with Crippen LogP contribution in [-0.2, 0) is 31.3 Å². The van der Waals surface area contributed by atoms with Crippen LogP contribution in [-0.4, -0.2) is 41.4 Å². The van der Waals surface area contributed by atoms with E-state index in [9.17, 15) is 19.2 Å². The summed E-state index contributed by atoms with van der Waals surface area (Å²) in [7, 11) is 0. The monoisotopic (exact) mass is 463 g/mol. The molecular weight excluding hydrogens is 440 g/mol. The zero-order chi connectivity index (χ0) is 23.6. The number of fused-ring (bicyclic) bond motifs is 5. The van der Waals surface area contributed by atoms with Crippen molar-refractivity contribution in [3.05, 3.63) is 53.6 Å². The molecule has 2 saturated heterocycles. The van der Waals surface area contributed by atoms with Crippen molar-refractivity contribution in [1.29, 1.82) is 0 Å². The lowest BCUT2D eigenvalue weighted by atomic mass is 9.76. The Bertz CT molecular complexity index is 1260. The molecule has 0 saturated carbocycles. The number of carbonyl (C=O) groups excluding carboxylic acids is 4. The van der Waals surface area contributed by atoms with E-state index in [4.69, 9.17) is 15.2 Å². The minimum Gasteiger partial charge on any atom is -0.454 e. The van der Waals surface area contributed by atoms with Crippen LogP contribution in [0, 0.1) is 11.8 Å². The highest BCUT2D eigenvalue weighted by atomic mass is 16.7. The number of nitrogens with one attached hydrogen (secondary N) is 1. The van der Waals surface area contributed by atoms with E-state index in [1.54, 1.807) is 29.6 Å². The van der Waals surface area contributed by atoms with E-state index in [0.717, 1.165) is 0 Å². The minimum absolute atomic E-state index is 0.0587. The Morgan fingerprint density at radius 1 is 1.12 bits per heavy atom. The summed E-state index contributed by atoms with van der Waals surface area (Å²) in [5.74, 6) is -1.99. The summed E-state index contributed by atoms with van der Waals surface area (Å²) >= 11 is 0. The first-order chi connectivity index (χ1) is 16.4. The number of benzene rings is 2. The smallest absolute Gasteiger partial charge is 0.291 e. The number of amides is 4. The summed E-state index contributed by atoms with van der Waals surface area (Å²) in [6.45, 7) is 0.183. The maximum absolute atomic E-state index is 13.8. The van der Waals surface area contributed by atoms with Gasteiger partial charge in [0.05, 0.1) is 12.2 Å². The number of hydrogen-bond donors (Lipinski definition) is 3. The molecule has 10 nitrogen and oxygen atoms in total. The highest BCUT2D eigenvalue weighted by Crippen LogP contribution is 2.49. The number of quaternary nitrogens is 1. The number of imide groups is 1. The zero-order valence-electron chi connectivity index (χ0n) is 18.2. The first-order valence-electron chi connectivity index (χ1n) is 11.2. The van der Waals surface area contributed by atoms with Crippen LogP contribution < -0.4 is 25.8 Å². The van der Waals surface area contributed by atoms with Crippen molar-refractivity contribution in [3.63, 3.8) is 0 Å². The highest BCUT2D eigenvalue weighted by molar-refractivity contribution is 6.13. The van der Waals surface area contributed by atoms with Crippen LogP contribution in [0.25, 0.3) is 0 Å². The molecule has 6 rings (SSSR count). The average molecular weight is 463 g/mol. The van der Waals surface area contributed by atoms with Gasteiger partial charge in [-0.1, -0.05) is 24.3 Å². The summed E-state index contributed by atoms with van der Waals surface area (Å²) < 4.78 is 10.8. The Hall–Kier alpha value is -3.92. The van der Waals surface area contributed by atoms with Gasteiger partial charge in [-0.05, 0) is 23.8 Å². The summed E-state index contributed by atoms with van der Waals surface area (Å²) in [6.07, 6.45) is 0.359. The molecule has 0 radical (unpaired) electrons. The number of nitrogens with two attached hydrogens (primary N) is 2. The van der Waals surface area contributed by atoms with Gasteiger partial charge >= 0.3 is 0 Å². The van der Waals surface area contributed by atoms with Crippen LogP contribution >= 0.6 is 0 Å². The van der Waals surface area contributed by atoms with Crippen molar-refractivity contribution in [1.82, 2.24) is 4.90 Å². The van der Waals surface area contributed by atoms with Gasteiger partial charge in [-0.15, -0.1) is 0 Å². The molecule has 0 bridgehead atoms. The topological polar surface area (TPSA) is 145 Å². The number of rotatable bonds is 5. The van der Waals surface area contributed by atoms with Crippen molar-refractivity contribution >= 4 is 29.3 Å². The number of carbonyl (C=O) groups is 4. The van der Waals surface area contributed by atoms with Gasteiger partial charge in [-0.25, -0.2) is 0 Å². The van der Waals surface area contributed by atoms with Crippen LogP contribution in [0.3, 0.4) is 0 Å². The molecule has 4 atom stereocenters. The second-order valence-corrected chi connectivity index (χ2v) is 9.16. The van der Waals surface area contributed by atoms with Crippen LogP contribution in [0.15, 0.2) is 42.5 Å². The Balaban J connectivity index is 1.39. The fourth-order valence-corrected chi connectivity index (χ4v) is 5.93. The SMILES string of the molecule is NC(=O)CC[C@@H]1[NH2+][C@]2(C(=O)Nc3ccccc32)[C@@H]2C(=O)N(Cc3ccc4c(c3)OCO4)C(=O)[C@H]12. The summed E-state index contributed by atoms with van der Waals surface area (Å²) in [4.78, 5) is 53.5. The van der Waals surface area contributed by atoms with E-state index in [-0.39, 0.29) is 31.6 Å². The van der Waals surface area contributed by atoms with E-state index in [1.165, 1.54) is 4.90 Å².